The van der Waals surface area contributed by atoms with Crippen LogP contribution < -0.4 is 5.73 Å². The first-order valence-corrected chi connectivity index (χ1v) is 15.6. The summed E-state index contributed by atoms with van der Waals surface area (Å²) in [5, 5.41) is 33.5. The second-order valence-electron chi connectivity index (χ2n) is 14.7. The number of aliphatic hydroxyl groups excluding tert-OH is 2. The van der Waals surface area contributed by atoms with Crippen molar-refractivity contribution in [3.05, 3.63) is 22.3 Å². The van der Waals surface area contributed by atoms with E-state index in [-0.39, 0.29) is 35.2 Å². The number of aliphatic hydroxyl groups is 2. The Balaban J connectivity index is 1.66. The van der Waals surface area contributed by atoms with Crippen LogP contribution in [-0.2, 0) is 14.3 Å². The van der Waals surface area contributed by atoms with Gasteiger partial charge in [0.2, 0.25) is 0 Å². The van der Waals surface area contributed by atoms with Gasteiger partial charge in [0.25, 0.3) is 0 Å². The zero-order valence-electron chi connectivity index (χ0n) is 25.3. The van der Waals surface area contributed by atoms with E-state index in [1.54, 1.807) is 0 Å². The Morgan fingerprint density at radius 3 is 2.33 bits per heavy atom. The molecule has 0 aromatic heterocycles. The number of fused-ring (bicyclic) bond motifs is 5. The molecule has 5 rings (SSSR count). The minimum Gasteiger partial charge on any atom is -0.478 e. The van der Waals surface area contributed by atoms with Gasteiger partial charge >= 0.3 is 11.9 Å². The molecule has 5 aliphatic rings. The summed E-state index contributed by atoms with van der Waals surface area (Å²) in [7, 11) is 0. The quantitative estimate of drug-likeness (QED) is 0.218. The van der Waals surface area contributed by atoms with Crippen molar-refractivity contribution < 1.29 is 29.6 Å². The first-order valence-electron chi connectivity index (χ1n) is 15.6. The smallest absolute Gasteiger partial charge is 0.331 e. The number of carbonyl (C=O) groups excluding carboxylic acids is 1. The molecule has 11 atom stereocenters. The molecule has 1 unspecified atom stereocenters. The molecule has 5 fully saturated rings. The Hall–Kier alpha value is -1.70. The number of carboxylic acids is 1. The van der Waals surface area contributed by atoms with Crippen LogP contribution in [0.3, 0.4) is 0 Å². The van der Waals surface area contributed by atoms with Crippen molar-refractivity contribution in [2.45, 2.75) is 118 Å². The number of esters is 1. The molecule has 5 N–H and O–H groups in total. The van der Waals surface area contributed by atoms with Gasteiger partial charge in [0.1, 0.15) is 6.10 Å². The fraction of sp³-hybridized carbons (Fsp3) is 0.818. The molecule has 0 aromatic rings. The van der Waals surface area contributed by atoms with Crippen LogP contribution in [0.2, 0.25) is 0 Å². The third kappa shape index (κ3) is 4.16. The molecule has 0 heterocycles. The van der Waals surface area contributed by atoms with Gasteiger partial charge in [-0.15, -0.1) is 0 Å². The number of allylic oxidation sites excluding steroid dienone is 2. The predicted octanol–water partition coefficient (Wildman–Crippen LogP) is 5.00. The summed E-state index contributed by atoms with van der Waals surface area (Å²) in [5.41, 5.74) is 9.47. The number of aliphatic carboxylic acids is 1. The fourth-order valence-electron chi connectivity index (χ4n) is 11.1. The maximum absolute atomic E-state index is 13.1. The van der Waals surface area contributed by atoms with E-state index in [2.05, 4.69) is 34.6 Å². The number of rotatable bonds is 4. The van der Waals surface area contributed by atoms with Gasteiger partial charge < -0.3 is 25.8 Å². The van der Waals surface area contributed by atoms with Crippen molar-refractivity contribution in [1.29, 1.82) is 0 Å². The third-order valence-corrected chi connectivity index (χ3v) is 13.0. The maximum atomic E-state index is 13.1. The molecule has 0 radical (unpaired) electrons. The zero-order chi connectivity index (χ0) is 29.4. The van der Waals surface area contributed by atoms with Crippen LogP contribution >= 0.6 is 0 Å². The Bertz CT molecular complexity index is 1120. The van der Waals surface area contributed by atoms with Crippen molar-refractivity contribution in [2.24, 2.45) is 51.6 Å². The number of nitrogens with two attached hydrogens (primary N) is 1. The molecule has 224 valence electrons. The predicted molar refractivity (Wildman–Crippen MR) is 153 cm³/mol. The summed E-state index contributed by atoms with van der Waals surface area (Å²) in [5.74, 6) is -1.29. The van der Waals surface area contributed by atoms with E-state index < -0.39 is 35.0 Å². The lowest BCUT2D eigenvalue weighted by molar-refractivity contribution is -0.237. The first-order chi connectivity index (χ1) is 18.7. The van der Waals surface area contributed by atoms with Crippen molar-refractivity contribution in [1.82, 2.24) is 0 Å². The third-order valence-electron chi connectivity index (χ3n) is 13.0. The van der Waals surface area contributed by atoms with Gasteiger partial charge in [-0.3, -0.25) is 4.79 Å². The first kappa shape index (κ1) is 29.8. The van der Waals surface area contributed by atoms with Crippen molar-refractivity contribution in [2.75, 3.05) is 6.54 Å². The highest BCUT2D eigenvalue weighted by Gasteiger charge is 2.72. The summed E-state index contributed by atoms with van der Waals surface area (Å²) < 4.78 is 5.99. The lowest BCUT2D eigenvalue weighted by Gasteiger charge is -2.69. The second-order valence-corrected chi connectivity index (χ2v) is 14.7. The van der Waals surface area contributed by atoms with Crippen molar-refractivity contribution in [3.63, 3.8) is 0 Å². The highest BCUT2D eigenvalue weighted by molar-refractivity contribution is 5.89. The molecule has 0 aromatic carbocycles. The maximum Gasteiger partial charge on any atom is 0.331 e. The van der Waals surface area contributed by atoms with Gasteiger partial charge in [-0.2, -0.15) is 0 Å². The van der Waals surface area contributed by atoms with E-state index in [9.17, 15) is 24.9 Å². The van der Waals surface area contributed by atoms with Crippen LogP contribution in [0.5, 0.6) is 0 Å². The second kappa shape index (κ2) is 10.2. The minimum atomic E-state index is -0.930. The van der Waals surface area contributed by atoms with Crippen LogP contribution in [0, 0.1) is 45.8 Å². The van der Waals surface area contributed by atoms with Gasteiger partial charge in [0, 0.05) is 12.5 Å². The topological polar surface area (TPSA) is 130 Å². The molecule has 40 heavy (non-hydrogen) atoms. The van der Waals surface area contributed by atoms with E-state index in [1.807, 2.05) is 0 Å². The van der Waals surface area contributed by atoms with Crippen LogP contribution in [0.1, 0.15) is 99.3 Å². The van der Waals surface area contributed by atoms with Gasteiger partial charge in [0.15, 0.2) is 0 Å². The molecule has 5 saturated carbocycles. The van der Waals surface area contributed by atoms with Crippen LogP contribution in [0.15, 0.2) is 22.3 Å². The normalized spacial score (nSPS) is 47.7. The van der Waals surface area contributed by atoms with Gasteiger partial charge in [-0.1, -0.05) is 31.9 Å². The van der Waals surface area contributed by atoms with Crippen molar-refractivity contribution in [3.8, 4) is 0 Å². The standard InChI is InChI=1S/C33H51NO6/c1-17(2)20-7-8-21(13-20)27(30(38)39)28-23-14-25(37)29-31(5)11-10-24(36)18(3)22(31)9-12-33(29,16-34)32(23,6)15-26(28)40-19(4)35/h18,21-26,29,36-37H,7-16,34H2,1-6H3,(H,38,39)/b28-27-/t18-,21?,22-,23-,24+,25+,26-,29-,31-,32-,33+/m0/s1. The number of carboxylic acid groups (broad SMARTS) is 1. The summed E-state index contributed by atoms with van der Waals surface area (Å²) >= 11 is 0. The van der Waals surface area contributed by atoms with Gasteiger partial charge in [-0.05, 0) is 130 Å². The Morgan fingerprint density at radius 2 is 1.75 bits per heavy atom. The van der Waals surface area contributed by atoms with E-state index in [0.29, 0.717) is 30.9 Å². The van der Waals surface area contributed by atoms with Crippen LogP contribution in [0.25, 0.3) is 0 Å². The highest BCUT2D eigenvalue weighted by atomic mass is 16.5. The minimum absolute atomic E-state index is 0.0608. The van der Waals surface area contributed by atoms with Gasteiger partial charge in [-0.25, -0.2) is 4.79 Å². The molecule has 7 nitrogen and oxygen atoms in total. The molecule has 7 heteroatoms. The Kier molecular flexibility index (Phi) is 7.62. The number of carbonyl (C=O) groups is 2. The SMILES string of the molecule is CC(=O)O[C@H]1C[C@@]2(C)[C@@H](C[C@@H](O)[C@H]3[C@@]4(C)CC[C@@H](O)[C@@H](C)[C@@H]4CC[C@@]32CN)/C1=C(/C(=O)O)C1CCC(=C(C)C)C1. The number of hydrogen-bond acceptors (Lipinski definition) is 6. The summed E-state index contributed by atoms with van der Waals surface area (Å²) in [4.78, 5) is 25.5. The zero-order valence-corrected chi connectivity index (χ0v) is 25.3. The average Bonchev–Trinajstić information content (AvgIpc) is 3.45. The summed E-state index contributed by atoms with van der Waals surface area (Å²) in [6.45, 7) is 12.7. The van der Waals surface area contributed by atoms with E-state index in [4.69, 9.17) is 10.5 Å². The molecule has 5 aliphatic carbocycles. The lowest BCUT2D eigenvalue weighted by Crippen LogP contribution is -2.68. The monoisotopic (exact) mass is 557 g/mol. The molecule has 0 saturated heterocycles. The van der Waals surface area contributed by atoms with Gasteiger partial charge in [0.05, 0.1) is 12.2 Å². The molecule has 0 amide bonds. The summed E-state index contributed by atoms with van der Waals surface area (Å²) in [6.07, 6.45) is 5.09. The van der Waals surface area contributed by atoms with E-state index in [1.165, 1.54) is 18.1 Å². The summed E-state index contributed by atoms with van der Waals surface area (Å²) in [6, 6.07) is 0. The van der Waals surface area contributed by atoms with E-state index >= 15 is 0 Å². The van der Waals surface area contributed by atoms with Crippen LogP contribution in [0.4, 0.5) is 0 Å². The molecule has 0 bridgehead atoms. The molecular formula is C33H51NO6. The Labute approximate surface area is 239 Å². The number of hydrogen-bond donors (Lipinski definition) is 4. The fourth-order valence-corrected chi connectivity index (χ4v) is 11.1. The van der Waals surface area contributed by atoms with E-state index in [0.717, 1.165) is 50.5 Å². The number of ether oxygens (including phenoxy) is 1. The molecule has 0 aliphatic heterocycles. The van der Waals surface area contributed by atoms with Crippen molar-refractivity contribution >= 4 is 11.9 Å². The molecule has 0 spiro atoms. The Morgan fingerprint density at radius 1 is 1.05 bits per heavy atom. The molecular weight excluding hydrogens is 506 g/mol. The van der Waals surface area contributed by atoms with Crippen LogP contribution in [-0.4, -0.2) is 52.1 Å². The highest BCUT2D eigenvalue weighted by Crippen LogP contribution is 2.74. The lowest BCUT2D eigenvalue weighted by atomic mass is 9.36. The largest absolute Gasteiger partial charge is 0.478 e. The average molecular weight is 558 g/mol.